The van der Waals surface area contributed by atoms with Crippen molar-refractivity contribution in [3.05, 3.63) is 46.0 Å². The van der Waals surface area contributed by atoms with Crippen molar-refractivity contribution in [2.24, 2.45) is 0 Å². The minimum absolute atomic E-state index is 0.00434. The molecule has 0 saturated carbocycles. The van der Waals surface area contributed by atoms with Gasteiger partial charge in [-0.1, -0.05) is 12.1 Å². The minimum Gasteiger partial charge on any atom is -0.383 e. The summed E-state index contributed by atoms with van der Waals surface area (Å²) in [5, 5.41) is 13.3. The molecule has 0 bridgehead atoms. The zero-order valence-corrected chi connectivity index (χ0v) is 10.8. The van der Waals surface area contributed by atoms with E-state index >= 15 is 0 Å². The lowest BCUT2D eigenvalue weighted by molar-refractivity contribution is -0.384. The van der Waals surface area contributed by atoms with Crippen LogP contribution in [0.25, 0.3) is 6.08 Å². The van der Waals surface area contributed by atoms with Crippen LogP contribution >= 0.6 is 0 Å². The molecule has 1 N–H and O–H groups in total. The summed E-state index contributed by atoms with van der Waals surface area (Å²) in [6, 6.07) is 5.98. The summed E-state index contributed by atoms with van der Waals surface area (Å²) in [5.74, 6) is -0.268. The summed E-state index contributed by atoms with van der Waals surface area (Å²) in [6.45, 7) is 2.25. The quantitative estimate of drug-likeness (QED) is 0.482. The van der Waals surface area contributed by atoms with E-state index in [4.69, 9.17) is 4.74 Å². The molecular formula is C13H16N2O4. The zero-order valence-electron chi connectivity index (χ0n) is 10.8. The fraction of sp³-hybridized carbons (Fsp3) is 0.308. The fourth-order valence-electron chi connectivity index (χ4n) is 1.50. The standard InChI is InChI=1S/C13H16N2O4/c1-10(9-19-2)14-13(16)7-6-11-4-3-5-12(8-11)15(17)18/h3-8,10H,9H2,1-2H3,(H,14,16). The summed E-state index contributed by atoms with van der Waals surface area (Å²) < 4.78 is 4.90. The highest BCUT2D eigenvalue weighted by Gasteiger charge is 2.05. The van der Waals surface area contributed by atoms with Crippen LogP contribution in [0.5, 0.6) is 0 Å². The summed E-state index contributed by atoms with van der Waals surface area (Å²) in [4.78, 5) is 21.7. The summed E-state index contributed by atoms with van der Waals surface area (Å²) in [7, 11) is 1.56. The topological polar surface area (TPSA) is 81.5 Å². The number of hydrogen-bond donors (Lipinski definition) is 1. The van der Waals surface area contributed by atoms with Crippen molar-refractivity contribution >= 4 is 17.7 Å². The van der Waals surface area contributed by atoms with Crippen LogP contribution in [0.3, 0.4) is 0 Å². The van der Waals surface area contributed by atoms with Gasteiger partial charge in [-0.3, -0.25) is 14.9 Å². The minimum atomic E-state index is -0.474. The van der Waals surface area contributed by atoms with Crippen LogP contribution in [-0.4, -0.2) is 30.6 Å². The van der Waals surface area contributed by atoms with Gasteiger partial charge in [-0.25, -0.2) is 0 Å². The van der Waals surface area contributed by atoms with Crippen LogP contribution < -0.4 is 5.32 Å². The summed E-state index contributed by atoms with van der Waals surface area (Å²) >= 11 is 0. The average molecular weight is 264 g/mol. The van der Waals surface area contributed by atoms with Gasteiger partial charge in [-0.2, -0.15) is 0 Å². The van der Waals surface area contributed by atoms with E-state index in [2.05, 4.69) is 5.32 Å². The maximum absolute atomic E-state index is 11.5. The van der Waals surface area contributed by atoms with E-state index in [1.807, 2.05) is 6.92 Å². The third kappa shape index (κ3) is 5.31. The van der Waals surface area contributed by atoms with Crippen molar-refractivity contribution in [3.8, 4) is 0 Å². The second-order valence-electron chi connectivity index (χ2n) is 4.05. The number of hydrogen-bond acceptors (Lipinski definition) is 4. The van der Waals surface area contributed by atoms with Gasteiger partial charge < -0.3 is 10.1 Å². The van der Waals surface area contributed by atoms with Crippen molar-refractivity contribution in [2.45, 2.75) is 13.0 Å². The maximum Gasteiger partial charge on any atom is 0.270 e. The SMILES string of the molecule is COCC(C)NC(=O)C=Cc1cccc([N+](=O)[O-])c1. The van der Waals surface area contributed by atoms with Crippen molar-refractivity contribution in [2.75, 3.05) is 13.7 Å². The Morgan fingerprint density at radius 2 is 2.32 bits per heavy atom. The number of non-ortho nitro benzene ring substituents is 1. The first-order valence-electron chi connectivity index (χ1n) is 5.75. The molecular weight excluding hydrogens is 248 g/mol. The molecule has 0 spiro atoms. The molecule has 0 saturated heterocycles. The van der Waals surface area contributed by atoms with Crippen molar-refractivity contribution in [1.82, 2.24) is 5.32 Å². The highest BCUT2D eigenvalue weighted by Crippen LogP contribution is 2.13. The number of benzene rings is 1. The van der Waals surface area contributed by atoms with Gasteiger partial charge in [0.15, 0.2) is 0 Å². The molecule has 0 aliphatic heterocycles. The van der Waals surface area contributed by atoms with Crippen LogP contribution in [0.2, 0.25) is 0 Å². The molecule has 1 unspecified atom stereocenters. The Morgan fingerprint density at radius 3 is 2.95 bits per heavy atom. The van der Waals surface area contributed by atoms with E-state index in [1.54, 1.807) is 19.2 Å². The van der Waals surface area contributed by atoms with Crippen molar-refractivity contribution in [1.29, 1.82) is 0 Å². The molecule has 0 aromatic heterocycles. The number of carbonyl (C=O) groups is 1. The Hall–Kier alpha value is -2.21. The molecule has 1 rings (SSSR count). The molecule has 1 aromatic rings. The van der Waals surface area contributed by atoms with Crippen LogP contribution in [0, 0.1) is 10.1 Å². The monoisotopic (exact) mass is 264 g/mol. The summed E-state index contributed by atoms with van der Waals surface area (Å²) in [6.07, 6.45) is 2.87. The van der Waals surface area contributed by atoms with Crippen molar-refractivity contribution < 1.29 is 14.5 Å². The Balaban J connectivity index is 2.63. The molecule has 1 aromatic carbocycles. The van der Waals surface area contributed by atoms with Gasteiger partial charge in [-0.05, 0) is 18.6 Å². The molecule has 1 atom stereocenters. The number of nitro benzene ring substituents is 1. The van der Waals surface area contributed by atoms with Gasteiger partial charge >= 0.3 is 0 Å². The smallest absolute Gasteiger partial charge is 0.270 e. The molecule has 1 amide bonds. The predicted molar refractivity (Wildman–Crippen MR) is 71.6 cm³/mol. The number of nitro groups is 1. The van der Waals surface area contributed by atoms with Crippen LogP contribution in [0.15, 0.2) is 30.3 Å². The molecule has 6 nitrogen and oxygen atoms in total. The van der Waals surface area contributed by atoms with E-state index < -0.39 is 4.92 Å². The second-order valence-corrected chi connectivity index (χ2v) is 4.05. The number of ether oxygens (including phenoxy) is 1. The Morgan fingerprint density at radius 1 is 1.58 bits per heavy atom. The molecule has 102 valence electrons. The Kier molecular flexibility index (Phi) is 5.69. The average Bonchev–Trinajstić information content (AvgIpc) is 2.37. The number of methoxy groups -OCH3 is 1. The molecule has 0 aliphatic carbocycles. The van der Waals surface area contributed by atoms with Gasteiger partial charge in [0, 0.05) is 31.4 Å². The van der Waals surface area contributed by atoms with Crippen LogP contribution in [0.4, 0.5) is 5.69 Å². The second kappa shape index (κ2) is 7.27. The fourth-order valence-corrected chi connectivity index (χ4v) is 1.50. The number of nitrogens with zero attached hydrogens (tertiary/aromatic N) is 1. The van der Waals surface area contributed by atoms with Gasteiger partial charge in [0.05, 0.1) is 11.5 Å². The van der Waals surface area contributed by atoms with E-state index in [0.717, 1.165) is 0 Å². The Labute approximate surface area is 111 Å². The molecule has 0 heterocycles. The van der Waals surface area contributed by atoms with Gasteiger partial charge in [0.1, 0.15) is 0 Å². The number of nitrogens with one attached hydrogen (secondary N) is 1. The molecule has 0 aliphatic rings. The van der Waals surface area contributed by atoms with Crippen LogP contribution in [-0.2, 0) is 9.53 Å². The Bertz CT molecular complexity index is 485. The number of carbonyl (C=O) groups excluding carboxylic acids is 1. The maximum atomic E-state index is 11.5. The van der Waals surface area contributed by atoms with Gasteiger partial charge in [0.2, 0.25) is 5.91 Å². The van der Waals surface area contributed by atoms with E-state index in [9.17, 15) is 14.9 Å². The zero-order chi connectivity index (χ0) is 14.3. The molecule has 19 heavy (non-hydrogen) atoms. The third-order valence-electron chi connectivity index (χ3n) is 2.31. The highest BCUT2D eigenvalue weighted by atomic mass is 16.6. The highest BCUT2D eigenvalue weighted by molar-refractivity contribution is 5.91. The van der Waals surface area contributed by atoms with Crippen molar-refractivity contribution in [3.63, 3.8) is 0 Å². The lowest BCUT2D eigenvalue weighted by atomic mass is 10.2. The molecule has 6 heteroatoms. The molecule has 0 radical (unpaired) electrons. The predicted octanol–water partition coefficient (Wildman–Crippen LogP) is 1.76. The third-order valence-corrected chi connectivity index (χ3v) is 2.31. The van der Waals surface area contributed by atoms with Crippen LogP contribution in [0.1, 0.15) is 12.5 Å². The first-order chi connectivity index (χ1) is 9.02. The number of amides is 1. The first-order valence-corrected chi connectivity index (χ1v) is 5.75. The largest absolute Gasteiger partial charge is 0.383 e. The molecule has 0 fully saturated rings. The lowest BCUT2D eigenvalue weighted by Crippen LogP contribution is -2.34. The van der Waals surface area contributed by atoms with E-state index in [1.165, 1.54) is 24.3 Å². The van der Waals surface area contributed by atoms with E-state index in [0.29, 0.717) is 12.2 Å². The van der Waals surface area contributed by atoms with E-state index in [-0.39, 0.29) is 17.6 Å². The number of rotatable bonds is 6. The van der Waals surface area contributed by atoms with Gasteiger partial charge in [0.25, 0.3) is 5.69 Å². The summed E-state index contributed by atoms with van der Waals surface area (Å²) in [5.41, 5.74) is 0.596. The lowest BCUT2D eigenvalue weighted by Gasteiger charge is -2.10. The normalized spacial score (nSPS) is 12.3. The first kappa shape index (κ1) is 14.8. The van der Waals surface area contributed by atoms with Gasteiger partial charge in [-0.15, -0.1) is 0 Å².